The number of hydrogen-bond donors (Lipinski definition) is 1. The summed E-state index contributed by atoms with van der Waals surface area (Å²) in [4.78, 5) is 14.1. The van der Waals surface area contributed by atoms with Gasteiger partial charge < -0.3 is 8.83 Å². The molecule has 0 radical (unpaired) electrons. The zero-order valence-electron chi connectivity index (χ0n) is 12.8. The third-order valence-corrected chi connectivity index (χ3v) is 4.11. The van der Waals surface area contributed by atoms with E-state index in [0.29, 0.717) is 22.6 Å². The first-order valence-electron chi connectivity index (χ1n) is 7.57. The van der Waals surface area contributed by atoms with Crippen molar-refractivity contribution in [3.8, 4) is 11.5 Å². The van der Waals surface area contributed by atoms with Gasteiger partial charge in [-0.1, -0.05) is 18.2 Å². The lowest BCUT2D eigenvalue weighted by Gasteiger charge is -1.96. The van der Waals surface area contributed by atoms with E-state index in [0.717, 1.165) is 27.5 Å². The van der Waals surface area contributed by atoms with Crippen molar-refractivity contribution in [3.63, 3.8) is 0 Å². The van der Waals surface area contributed by atoms with Crippen molar-refractivity contribution in [2.45, 2.75) is 6.92 Å². The van der Waals surface area contributed by atoms with E-state index >= 15 is 0 Å². The molecule has 0 aliphatic rings. The van der Waals surface area contributed by atoms with Gasteiger partial charge in [-0.2, -0.15) is 0 Å². The molecule has 24 heavy (non-hydrogen) atoms. The molecule has 3 heterocycles. The minimum absolute atomic E-state index is 0.473. The fraction of sp³-hybridized carbons (Fsp3) is 0.0526. The molecule has 0 amide bonds. The molecule has 0 saturated heterocycles. The lowest BCUT2D eigenvalue weighted by atomic mass is 10.1. The van der Waals surface area contributed by atoms with Crippen LogP contribution in [0.2, 0.25) is 0 Å². The quantitative estimate of drug-likeness (QED) is 0.448. The van der Waals surface area contributed by atoms with Crippen LogP contribution in [0.4, 0.5) is 0 Å². The molecule has 0 bridgehead atoms. The third-order valence-electron chi connectivity index (χ3n) is 4.11. The fourth-order valence-electron chi connectivity index (χ4n) is 3.07. The van der Waals surface area contributed by atoms with Crippen LogP contribution in [0.1, 0.15) is 5.76 Å². The Hall–Kier alpha value is -3.34. The Morgan fingerprint density at radius 3 is 2.71 bits per heavy atom. The van der Waals surface area contributed by atoms with Gasteiger partial charge in [-0.3, -0.25) is 4.98 Å². The van der Waals surface area contributed by atoms with Gasteiger partial charge in [-0.15, -0.1) is 0 Å². The van der Waals surface area contributed by atoms with Crippen LogP contribution in [0.5, 0.6) is 0 Å². The van der Waals surface area contributed by atoms with Crippen molar-refractivity contribution in [2.75, 3.05) is 0 Å². The average molecular weight is 318 g/mol. The zero-order chi connectivity index (χ0) is 16.3. The third kappa shape index (κ3) is 1.88. The van der Waals surface area contributed by atoms with Gasteiger partial charge in [0.05, 0.1) is 17.8 Å². The molecular formula is C19H12NO4+. The van der Waals surface area contributed by atoms with E-state index in [1.807, 2.05) is 49.4 Å². The number of nitrogens with one attached hydrogen (secondary N) is 1. The van der Waals surface area contributed by atoms with Crippen molar-refractivity contribution >= 4 is 32.8 Å². The number of rotatable bonds is 1. The molecular weight excluding hydrogens is 306 g/mol. The Morgan fingerprint density at radius 1 is 0.958 bits per heavy atom. The molecule has 5 heteroatoms. The summed E-state index contributed by atoms with van der Waals surface area (Å²) >= 11 is 0. The van der Waals surface area contributed by atoms with E-state index in [4.69, 9.17) is 13.3 Å². The smallest absolute Gasteiger partial charge is 0.417 e. The summed E-state index contributed by atoms with van der Waals surface area (Å²) in [6, 6.07) is 15.4. The molecule has 0 aliphatic carbocycles. The Balaban J connectivity index is 1.88. The monoisotopic (exact) mass is 318 g/mol. The number of oxazole rings is 1. The normalized spacial score (nSPS) is 11.7. The maximum Gasteiger partial charge on any atom is 0.417 e. The molecule has 0 saturated carbocycles. The van der Waals surface area contributed by atoms with Gasteiger partial charge in [0.15, 0.2) is 5.58 Å². The molecule has 2 aromatic carbocycles. The molecule has 0 spiro atoms. The maximum atomic E-state index is 11.4. The highest BCUT2D eigenvalue weighted by Crippen LogP contribution is 2.35. The van der Waals surface area contributed by atoms with Crippen molar-refractivity contribution in [1.29, 1.82) is 0 Å². The van der Waals surface area contributed by atoms with Crippen LogP contribution in [-0.4, -0.2) is 4.98 Å². The Kier molecular flexibility index (Phi) is 2.51. The van der Waals surface area contributed by atoms with Crippen LogP contribution >= 0.6 is 0 Å². The van der Waals surface area contributed by atoms with Crippen LogP contribution in [0.15, 0.2) is 66.6 Å². The lowest BCUT2D eigenvalue weighted by Crippen LogP contribution is -1.92. The highest BCUT2D eigenvalue weighted by Gasteiger charge is 2.24. The number of aryl methyl sites for hydroxylation is 1. The fourth-order valence-corrected chi connectivity index (χ4v) is 3.07. The number of benzene rings is 2. The van der Waals surface area contributed by atoms with Gasteiger partial charge in [0.1, 0.15) is 5.58 Å². The molecule has 0 unspecified atom stereocenters. The number of hydrogen-bond acceptors (Lipinski definition) is 3. The van der Waals surface area contributed by atoms with Gasteiger partial charge >= 0.3 is 17.3 Å². The van der Waals surface area contributed by atoms with Gasteiger partial charge in [0.25, 0.3) is 0 Å². The minimum atomic E-state index is -0.473. The van der Waals surface area contributed by atoms with Crippen LogP contribution < -0.4 is 5.76 Å². The summed E-state index contributed by atoms with van der Waals surface area (Å²) in [5.41, 5.74) is 1.95. The first-order chi connectivity index (χ1) is 11.7. The predicted molar refractivity (Wildman–Crippen MR) is 91.0 cm³/mol. The van der Waals surface area contributed by atoms with Crippen LogP contribution in [-0.2, 0) is 0 Å². The topological polar surface area (TPSA) is 70.4 Å². The highest BCUT2D eigenvalue weighted by molar-refractivity contribution is 6.01. The molecule has 0 fully saturated rings. The molecule has 0 atom stereocenters. The van der Waals surface area contributed by atoms with Crippen LogP contribution in [0.25, 0.3) is 44.4 Å². The largest absolute Gasteiger partial charge is 0.447 e. The Morgan fingerprint density at radius 2 is 1.83 bits per heavy atom. The van der Waals surface area contributed by atoms with Crippen LogP contribution in [0, 0.1) is 6.92 Å². The van der Waals surface area contributed by atoms with E-state index in [9.17, 15) is 4.79 Å². The lowest BCUT2D eigenvalue weighted by molar-refractivity contribution is 0.511. The maximum absolute atomic E-state index is 11.4. The summed E-state index contributed by atoms with van der Waals surface area (Å²) < 4.78 is 17.1. The molecule has 3 aromatic heterocycles. The molecule has 5 nitrogen and oxygen atoms in total. The van der Waals surface area contributed by atoms with Crippen molar-refractivity contribution in [2.24, 2.45) is 0 Å². The molecule has 5 aromatic rings. The highest BCUT2D eigenvalue weighted by atomic mass is 16.4. The molecule has 0 aliphatic heterocycles. The molecule has 116 valence electrons. The summed E-state index contributed by atoms with van der Waals surface area (Å²) in [5, 5.41) is 2.78. The van der Waals surface area contributed by atoms with Crippen molar-refractivity contribution in [1.82, 2.24) is 4.98 Å². The Labute approximate surface area is 135 Å². The number of furan rings is 1. The number of fused-ring (bicyclic) bond motifs is 3. The van der Waals surface area contributed by atoms with E-state index < -0.39 is 5.76 Å². The summed E-state index contributed by atoms with van der Waals surface area (Å²) in [5.74, 6) is 1.54. The molecule has 5 rings (SSSR count). The predicted octanol–water partition coefficient (Wildman–Crippen LogP) is 4.87. The second kappa shape index (κ2) is 4.58. The van der Waals surface area contributed by atoms with E-state index in [2.05, 4.69) is 4.98 Å². The van der Waals surface area contributed by atoms with Crippen molar-refractivity contribution < 1.29 is 13.3 Å². The number of aromatic amines is 1. The number of H-pyrrole nitrogens is 1. The van der Waals surface area contributed by atoms with Gasteiger partial charge in [-0.25, -0.2) is 9.21 Å². The van der Waals surface area contributed by atoms with Crippen molar-refractivity contribution in [3.05, 3.63) is 64.8 Å². The van der Waals surface area contributed by atoms with E-state index in [1.54, 1.807) is 6.07 Å². The van der Waals surface area contributed by atoms with E-state index in [1.165, 1.54) is 0 Å². The van der Waals surface area contributed by atoms with E-state index in [-0.39, 0.29) is 0 Å². The van der Waals surface area contributed by atoms with Crippen LogP contribution in [0.3, 0.4) is 0 Å². The summed E-state index contributed by atoms with van der Waals surface area (Å²) in [6.07, 6.45) is 0. The number of para-hydroxylation sites is 1. The zero-order valence-corrected chi connectivity index (χ0v) is 12.8. The second-order valence-corrected chi connectivity index (χ2v) is 5.78. The Bertz CT molecular complexity index is 1260. The molecule has 1 N–H and O–H groups in total. The standard InChI is InChI=1S/C19H11NO4/c1-10-6-12-7-14-16(24-19(21)20-14)9-13(12)18(22-10)17-8-11-4-2-3-5-15(11)23-17/h2-9H,1H3/p+1. The van der Waals surface area contributed by atoms with Gasteiger partial charge in [-0.05, 0) is 12.1 Å². The SMILES string of the molecule is Cc1cc2cc3[nH]c(=O)oc3cc2c(-c2cc3ccccc3o2)[o+]1. The average Bonchev–Trinajstić information content (AvgIpc) is 3.13. The van der Waals surface area contributed by atoms with Gasteiger partial charge in [0, 0.05) is 29.0 Å². The first kappa shape index (κ1) is 13.1. The minimum Gasteiger partial charge on any atom is -0.447 e. The first-order valence-corrected chi connectivity index (χ1v) is 7.57. The van der Waals surface area contributed by atoms with Gasteiger partial charge in [0.2, 0.25) is 5.76 Å². The summed E-state index contributed by atoms with van der Waals surface area (Å²) in [6.45, 7) is 1.88. The second-order valence-electron chi connectivity index (χ2n) is 5.78. The number of aromatic nitrogens is 1. The summed E-state index contributed by atoms with van der Waals surface area (Å²) in [7, 11) is 0.